The van der Waals surface area contributed by atoms with Gasteiger partial charge in [-0.2, -0.15) is 22.0 Å². The topological polar surface area (TPSA) is 58.9 Å². The van der Waals surface area contributed by atoms with Gasteiger partial charge in [0, 0.05) is 29.6 Å². The molecule has 4 nitrogen and oxygen atoms in total. The lowest BCUT2D eigenvalue weighted by Gasteiger charge is -2.59. The molecule has 0 bridgehead atoms. The zero-order valence-corrected chi connectivity index (χ0v) is 24.5. The van der Waals surface area contributed by atoms with Crippen molar-refractivity contribution in [2.45, 2.75) is 107 Å². The number of aliphatic hydroxyl groups is 2. The maximum atomic E-state index is 15.2. The third-order valence-electron chi connectivity index (χ3n) is 11.4. The molecule has 4 fully saturated rings. The second-order valence-corrected chi connectivity index (χ2v) is 14.6. The van der Waals surface area contributed by atoms with Gasteiger partial charge in [0.2, 0.25) is 0 Å². The molecule has 1 saturated heterocycles. The monoisotopic (exact) mass is 596 g/mol. The smallest absolute Gasteiger partial charge is 0.385 e. The van der Waals surface area contributed by atoms with Crippen molar-refractivity contribution in [1.82, 2.24) is 0 Å². The molecule has 1 heterocycles. The molecule has 2 N–H and O–H groups in total. The molecule has 0 unspecified atom stereocenters. The van der Waals surface area contributed by atoms with E-state index >= 15 is 8.78 Å². The molecule has 0 aromatic heterocycles. The molecule has 4 aliphatic carbocycles. The van der Waals surface area contributed by atoms with Gasteiger partial charge in [-0.25, -0.2) is 0 Å². The van der Waals surface area contributed by atoms with E-state index in [1.807, 2.05) is 24.3 Å². The first-order valence-corrected chi connectivity index (χ1v) is 15.0. The Bertz CT molecular complexity index is 1290. The number of fused-ring (bicyclic) bond motifs is 4. The Morgan fingerprint density at radius 3 is 2.31 bits per heavy atom. The van der Waals surface area contributed by atoms with Crippen LogP contribution in [-0.2, 0) is 9.47 Å². The fourth-order valence-corrected chi connectivity index (χ4v) is 9.21. The number of rotatable bonds is 3. The third kappa shape index (κ3) is 4.20. The van der Waals surface area contributed by atoms with Crippen LogP contribution in [0.4, 0.5) is 22.0 Å². The molecule has 5 aliphatic rings. The summed E-state index contributed by atoms with van der Waals surface area (Å²) in [6.07, 6.45) is -2.88. The average molecular weight is 597 g/mol. The summed E-state index contributed by atoms with van der Waals surface area (Å²) < 4.78 is 84.4. The molecule has 1 aromatic rings. The van der Waals surface area contributed by atoms with Crippen molar-refractivity contribution in [3.05, 3.63) is 53.1 Å². The van der Waals surface area contributed by atoms with E-state index in [0.29, 0.717) is 38.9 Å². The Hall–Kier alpha value is -1.81. The van der Waals surface area contributed by atoms with Crippen molar-refractivity contribution in [3.63, 3.8) is 0 Å². The van der Waals surface area contributed by atoms with Gasteiger partial charge in [0.25, 0.3) is 0 Å². The number of halogens is 5. The van der Waals surface area contributed by atoms with Gasteiger partial charge in [0.05, 0.1) is 18.8 Å². The normalized spacial score (nSPS) is 39.4. The first kappa shape index (κ1) is 30.2. The van der Waals surface area contributed by atoms with Gasteiger partial charge in [-0.1, -0.05) is 63.3 Å². The molecule has 6 rings (SSSR count). The van der Waals surface area contributed by atoms with Crippen LogP contribution in [0, 0.1) is 22.7 Å². The van der Waals surface area contributed by atoms with E-state index in [4.69, 9.17) is 9.47 Å². The highest BCUT2D eigenvalue weighted by atomic mass is 19.4. The summed E-state index contributed by atoms with van der Waals surface area (Å²) in [6, 6.07) is 7.41. The van der Waals surface area contributed by atoms with Crippen LogP contribution >= 0.6 is 0 Å². The van der Waals surface area contributed by atoms with Gasteiger partial charge < -0.3 is 19.7 Å². The van der Waals surface area contributed by atoms with Crippen LogP contribution in [0.5, 0.6) is 0 Å². The van der Waals surface area contributed by atoms with Crippen LogP contribution in [0.2, 0.25) is 0 Å². The van der Waals surface area contributed by atoms with Gasteiger partial charge in [-0.3, -0.25) is 0 Å². The summed E-state index contributed by atoms with van der Waals surface area (Å²) in [5.74, 6) is -7.65. The van der Waals surface area contributed by atoms with Crippen LogP contribution in [0.3, 0.4) is 0 Å². The number of alkyl halides is 5. The van der Waals surface area contributed by atoms with Crippen molar-refractivity contribution in [2.75, 3.05) is 13.2 Å². The number of ether oxygens (including phenoxy) is 2. The Morgan fingerprint density at radius 2 is 1.67 bits per heavy atom. The minimum absolute atomic E-state index is 0.0587. The summed E-state index contributed by atoms with van der Waals surface area (Å²) in [5.41, 5.74) is -2.98. The molecule has 3 saturated carbocycles. The van der Waals surface area contributed by atoms with Crippen molar-refractivity contribution >= 4 is 6.08 Å². The Balaban J connectivity index is 1.47. The van der Waals surface area contributed by atoms with Gasteiger partial charge >= 0.3 is 12.1 Å². The van der Waals surface area contributed by atoms with Crippen LogP contribution in [-0.4, -0.2) is 52.5 Å². The van der Waals surface area contributed by atoms with E-state index in [1.165, 1.54) is 6.92 Å². The molecular weight excluding hydrogens is 555 g/mol. The summed E-state index contributed by atoms with van der Waals surface area (Å²) in [4.78, 5) is 0. The van der Waals surface area contributed by atoms with Crippen LogP contribution in [0.15, 0.2) is 42.0 Å². The van der Waals surface area contributed by atoms with Crippen LogP contribution < -0.4 is 0 Å². The van der Waals surface area contributed by atoms with Gasteiger partial charge in [-0.05, 0) is 67.1 Å². The SMILES string of the molecule is C=Cc1cccc([C@H]2C[C@@]3(C)[C@@H](CC[C@@]3(O)C(F)(F)C(F)(F)F)[C@@H]3CC[C@@]4(O)CC5(CCC4=C32)OCC(C)(C)CO5)c1. The highest BCUT2D eigenvalue weighted by Gasteiger charge is 2.79. The molecule has 1 aliphatic heterocycles. The van der Waals surface area contributed by atoms with Crippen molar-refractivity contribution < 1.29 is 41.6 Å². The fourth-order valence-electron chi connectivity index (χ4n) is 9.21. The Labute approximate surface area is 244 Å². The van der Waals surface area contributed by atoms with E-state index in [0.717, 1.165) is 22.3 Å². The van der Waals surface area contributed by atoms with E-state index in [-0.39, 0.29) is 30.6 Å². The maximum absolute atomic E-state index is 15.2. The van der Waals surface area contributed by atoms with Crippen molar-refractivity contribution in [3.8, 4) is 0 Å². The van der Waals surface area contributed by atoms with Crippen molar-refractivity contribution in [2.24, 2.45) is 22.7 Å². The van der Waals surface area contributed by atoms with Crippen LogP contribution in [0.1, 0.15) is 89.2 Å². The zero-order valence-electron chi connectivity index (χ0n) is 24.5. The minimum Gasteiger partial charge on any atom is -0.385 e. The lowest BCUT2D eigenvalue weighted by atomic mass is 9.49. The fraction of sp³-hybridized carbons (Fsp3) is 0.697. The second-order valence-electron chi connectivity index (χ2n) is 14.6. The second kappa shape index (κ2) is 9.35. The molecule has 9 heteroatoms. The molecular formula is C33H41F5O4. The zero-order chi connectivity index (χ0) is 30.6. The molecule has 1 aromatic carbocycles. The predicted octanol–water partition coefficient (Wildman–Crippen LogP) is 7.55. The number of allylic oxidation sites excluding steroid dienone is 1. The van der Waals surface area contributed by atoms with Gasteiger partial charge in [-0.15, -0.1) is 0 Å². The van der Waals surface area contributed by atoms with E-state index in [9.17, 15) is 23.4 Å². The van der Waals surface area contributed by atoms with Gasteiger partial charge in [0.15, 0.2) is 5.79 Å². The molecule has 1 spiro atoms. The molecule has 0 amide bonds. The average Bonchev–Trinajstić information content (AvgIpc) is 3.20. The highest BCUT2D eigenvalue weighted by molar-refractivity contribution is 5.51. The van der Waals surface area contributed by atoms with Crippen molar-refractivity contribution in [1.29, 1.82) is 0 Å². The quantitative estimate of drug-likeness (QED) is 0.280. The summed E-state index contributed by atoms with van der Waals surface area (Å²) in [7, 11) is 0. The Kier molecular flexibility index (Phi) is 6.73. The first-order valence-electron chi connectivity index (χ1n) is 15.0. The molecule has 6 atom stereocenters. The number of benzene rings is 1. The molecule has 42 heavy (non-hydrogen) atoms. The van der Waals surface area contributed by atoms with E-state index in [2.05, 4.69) is 20.4 Å². The summed E-state index contributed by atoms with van der Waals surface area (Å²) in [5, 5.41) is 23.7. The predicted molar refractivity (Wildman–Crippen MR) is 148 cm³/mol. The standard InChI is InChI=1S/C33H41F5O4/c1-5-20-7-6-8-21(15-20)23-16-28(4)24(11-14-31(28,40)32(34,35)33(36,37)38)22-9-12-29(39)17-30(13-10-25(29)26(22)23)41-18-27(2,3)19-42-30/h5-8,15,22-24,39-40H,1,9-14,16-19H2,2-4H3/t22-,23+,24-,28-,29+,31-/m0/s1. The lowest BCUT2D eigenvalue weighted by Crippen LogP contribution is -2.65. The van der Waals surface area contributed by atoms with Crippen LogP contribution in [0.25, 0.3) is 6.08 Å². The Morgan fingerprint density at radius 1 is 0.976 bits per heavy atom. The number of hydrogen-bond acceptors (Lipinski definition) is 4. The molecule has 0 radical (unpaired) electrons. The first-order chi connectivity index (χ1) is 19.4. The van der Waals surface area contributed by atoms with E-state index < -0.39 is 52.8 Å². The molecule has 232 valence electrons. The minimum atomic E-state index is -5.88. The lowest BCUT2D eigenvalue weighted by molar-refractivity contribution is -0.362. The van der Waals surface area contributed by atoms with Gasteiger partial charge in [0.1, 0.15) is 5.60 Å². The largest absolute Gasteiger partial charge is 0.456 e. The summed E-state index contributed by atoms with van der Waals surface area (Å²) >= 11 is 0. The van der Waals surface area contributed by atoms with E-state index in [1.54, 1.807) is 6.08 Å². The maximum Gasteiger partial charge on any atom is 0.456 e. The highest BCUT2D eigenvalue weighted by Crippen LogP contribution is 2.71. The summed E-state index contributed by atoms with van der Waals surface area (Å²) in [6.45, 7) is 10.4. The third-order valence-corrected chi connectivity index (χ3v) is 11.4. The number of hydrogen-bond donors (Lipinski definition) is 2.